The molecule has 1 aromatic carbocycles. The summed E-state index contributed by atoms with van der Waals surface area (Å²) in [7, 11) is 0. The minimum absolute atomic E-state index is 0.280. The topological polar surface area (TPSA) is 55.1 Å². The lowest BCUT2D eigenvalue weighted by Gasteiger charge is -2.31. The number of nitrogens with two attached hydrogens (primary N) is 1. The van der Waals surface area contributed by atoms with Gasteiger partial charge in [-0.3, -0.25) is 10.1 Å². The number of carbonyl (C=O) groups is 1. The highest BCUT2D eigenvalue weighted by Gasteiger charge is 2.42. The number of hydrogen-bond donors (Lipinski definition) is 2. The molecule has 1 atom stereocenters. The fraction of sp³-hybridized carbons (Fsp3) is 0.462. The Kier molecular flexibility index (Phi) is 3.15. The van der Waals surface area contributed by atoms with Crippen LogP contribution in [0.4, 0.5) is 4.39 Å². The Labute approximate surface area is 100 Å². The Morgan fingerprint density at radius 3 is 2.65 bits per heavy atom. The van der Waals surface area contributed by atoms with E-state index in [4.69, 9.17) is 5.73 Å². The zero-order valence-electron chi connectivity index (χ0n) is 9.87. The number of carbonyl (C=O) groups excluding carboxylic acids is 1. The first-order chi connectivity index (χ1) is 8.10. The molecule has 0 aromatic heterocycles. The number of hydrogen-bond acceptors (Lipinski definition) is 2. The summed E-state index contributed by atoms with van der Waals surface area (Å²) in [5, 5.41) is 3.20. The molecule has 1 unspecified atom stereocenters. The summed E-state index contributed by atoms with van der Waals surface area (Å²) in [6.07, 6.45) is 2.48. The molecule has 0 bridgehead atoms. The van der Waals surface area contributed by atoms with Crippen LogP contribution in [0.15, 0.2) is 24.3 Å². The maximum atomic E-state index is 13.9. The largest absolute Gasteiger partial charge is 0.368 e. The Bertz CT molecular complexity index is 431. The molecule has 2 rings (SSSR count). The third-order valence-corrected chi connectivity index (χ3v) is 3.31. The van der Waals surface area contributed by atoms with Crippen LogP contribution < -0.4 is 11.1 Å². The molecular formula is C13H17FN2O. The van der Waals surface area contributed by atoms with Crippen LogP contribution in [0.5, 0.6) is 0 Å². The molecule has 1 amide bonds. The molecule has 0 radical (unpaired) electrons. The molecule has 92 valence electrons. The zero-order valence-corrected chi connectivity index (χ0v) is 9.87. The second kappa shape index (κ2) is 4.45. The van der Waals surface area contributed by atoms with Crippen LogP contribution >= 0.6 is 0 Å². The molecule has 4 heteroatoms. The Morgan fingerprint density at radius 2 is 2.18 bits per heavy atom. The predicted molar refractivity (Wildman–Crippen MR) is 63.7 cm³/mol. The summed E-state index contributed by atoms with van der Waals surface area (Å²) in [5.74, 6) is -0.904. The summed E-state index contributed by atoms with van der Waals surface area (Å²) in [6, 6.07) is 6.59. The number of rotatable bonds is 5. The fourth-order valence-corrected chi connectivity index (χ4v) is 2.13. The second-order valence-electron chi connectivity index (χ2n) is 4.52. The van der Waals surface area contributed by atoms with E-state index in [9.17, 15) is 9.18 Å². The van der Waals surface area contributed by atoms with Gasteiger partial charge in [-0.25, -0.2) is 4.39 Å². The maximum absolute atomic E-state index is 13.9. The molecule has 0 saturated heterocycles. The van der Waals surface area contributed by atoms with Gasteiger partial charge in [0.2, 0.25) is 5.91 Å². The quantitative estimate of drug-likeness (QED) is 0.817. The van der Waals surface area contributed by atoms with Gasteiger partial charge in [0.25, 0.3) is 0 Å². The van der Waals surface area contributed by atoms with Crippen molar-refractivity contribution in [2.24, 2.45) is 5.73 Å². The van der Waals surface area contributed by atoms with Crippen LogP contribution in [0.2, 0.25) is 0 Å². The molecule has 1 aromatic rings. The lowest BCUT2D eigenvalue weighted by atomic mass is 9.85. The molecule has 0 heterocycles. The smallest absolute Gasteiger partial charge is 0.242 e. The molecule has 1 saturated carbocycles. The van der Waals surface area contributed by atoms with E-state index in [2.05, 4.69) is 5.32 Å². The van der Waals surface area contributed by atoms with E-state index in [0.29, 0.717) is 12.0 Å². The van der Waals surface area contributed by atoms with Crippen LogP contribution in [0.25, 0.3) is 0 Å². The van der Waals surface area contributed by atoms with Gasteiger partial charge in [0, 0.05) is 11.6 Å². The van der Waals surface area contributed by atoms with Gasteiger partial charge in [0.1, 0.15) is 11.4 Å². The third-order valence-electron chi connectivity index (χ3n) is 3.31. The highest BCUT2D eigenvalue weighted by atomic mass is 19.1. The minimum atomic E-state index is -1.08. The average Bonchev–Trinajstić information content (AvgIpc) is 3.10. The summed E-state index contributed by atoms with van der Waals surface area (Å²) in [6.45, 7) is 1.84. The summed E-state index contributed by atoms with van der Waals surface area (Å²) in [4.78, 5) is 11.8. The molecule has 3 nitrogen and oxygen atoms in total. The molecule has 1 aliphatic rings. The van der Waals surface area contributed by atoms with Crippen LogP contribution in [-0.2, 0) is 10.3 Å². The molecule has 1 aliphatic carbocycles. The molecule has 0 aliphatic heterocycles. The first-order valence-electron chi connectivity index (χ1n) is 5.92. The number of halogens is 1. The van der Waals surface area contributed by atoms with E-state index in [1.807, 2.05) is 6.92 Å². The van der Waals surface area contributed by atoms with Crippen molar-refractivity contribution >= 4 is 5.91 Å². The van der Waals surface area contributed by atoms with E-state index in [0.717, 1.165) is 12.8 Å². The van der Waals surface area contributed by atoms with Crippen LogP contribution in [0, 0.1) is 5.82 Å². The highest BCUT2D eigenvalue weighted by Crippen LogP contribution is 2.32. The van der Waals surface area contributed by atoms with Crippen molar-refractivity contribution in [2.75, 3.05) is 0 Å². The fourth-order valence-electron chi connectivity index (χ4n) is 2.13. The maximum Gasteiger partial charge on any atom is 0.242 e. The van der Waals surface area contributed by atoms with Gasteiger partial charge in [-0.05, 0) is 25.3 Å². The van der Waals surface area contributed by atoms with E-state index in [-0.39, 0.29) is 11.9 Å². The van der Waals surface area contributed by atoms with Gasteiger partial charge in [-0.1, -0.05) is 25.1 Å². The third kappa shape index (κ3) is 2.17. The van der Waals surface area contributed by atoms with Crippen molar-refractivity contribution in [2.45, 2.75) is 37.8 Å². The van der Waals surface area contributed by atoms with Gasteiger partial charge in [0.05, 0.1) is 0 Å². The zero-order chi connectivity index (χ0) is 12.5. The second-order valence-corrected chi connectivity index (χ2v) is 4.52. The van der Waals surface area contributed by atoms with Gasteiger partial charge in [-0.15, -0.1) is 0 Å². The Morgan fingerprint density at radius 1 is 1.53 bits per heavy atom. The molecule has 0 spiro atoms. The van der Waals surface area contributed by atoms with E-state index in [1.165, 1.54) is 6.07 Å². The summed E-state index contributed by atoms with van der Waals surface area (Å²) < 4.78 is 13.9. The molecule has 17 heavy (non-hydrogen) atoms. The van der Waals surface area contributed by atoms with Crippen LogP contribution in [-0.4, -0.2) is 11.9 Å². The lowest BCUT2D eigenvalue weighted by molar-refractivity contribution is -0.125. The van der Waals surface area contributed by atoms with Crippen molar-refractivity contribution in [1.82, 2.24) is 5.32 Å². The Hall–Kier alpha value is -1.42. The number of nitrogens with one attached hydrogen (secondary N) is 1. The highest BCUT2D eigenvalue weighted by molar-refractivity contribution is 5.86. The monoisotopic (exact) mass is 236 g/mol. The van der Waals surface area contributed by atoms with Crippen molar-refractivity contribution in [3.05, 3.63) is 35.6 Å². The van der Waals surface area contributed by atoms with Gasteiger partial charge < -0.3 is 5.73 Å². The molecule has 3 N–H and O–H groups in total. The number of benzene rings is 1. The van der Waals surface area contributed by atoms with Crippen molar-refractivity contribution in [3.8, 4) is 0 Å². The minimum Gasteiger partial charge on any atom is -0.368 e. The molecular weight excluding hydrogens is 219 g/mol. The first-order valence-corrected chi connectivity index (χ1v) is 5.92. The standard InChI is InChI=1S/C13H17FN2O/c1-2-13(12(15)17,16-9-7-8-9)10-5-3-4-6-11(10)14/h3-6,9,16H,2,7-8H2,1H3,(H2,15,17). The molecule has 1 fully saturated rings. The number of amides is 1. The number of primary amides is 1. The Balaban J connectivity index is 2.44. The summed E-state index contributed by atoms with van der Waals surface area (Å²) >= 11 is 0. The average molecular weight is 236 g/mol. The predicted octanol–water partition coefficient (Wildman–Crippen LogP) is 1.67. The first kappa shape index (κ1) is 12.0. The summed E-state index contributed by atoms with van der Waals surface area (Å²) in [5.41, 5.74) is 4.76. The van der Waals surface area contributed by atoms with Gasteiger partial charge >= 0.3 is 0 Å². The van der Waals surface area contributed by atoms with E-state index in [1.54, 1.807) is 18.2 Å². The van der Waals surface area contributed by atoms with Crippen LogP contribution in [0.1, 0.15) is 31.7 Å². The van der Waals surface area contributed by atoms with Crippen LogP contribution in [0.3, 0.4) is 0 Å². The van der Waals surface area contributed by atoms with Gasteiger partial charge in [0.15, 0.2) is 0 Å². The van der Waals surface area contributed by atoms with E-state index < -0.39 is 11.4 Å². The van der Waals surface area contributed by atoms with Crippen molar-refractivity contribution in [1.29, 1.82) is 0 Å². The van der Waals surface area contributed by atoms with E-state index >= 15 is 0 Å². The normalized spacial score (nSPS) is 18.7. The van der Waals surface area contributed by atoms with Crippen molar-refractivity contribution < 1.29 is 9.18 Å². The lowest BCUT2D eigenvalue weighted by Crippen LogP contribution is -2.53. The van der Waals surface area contributed by atoms with Gasteiger partial charge in [-0.2, -0.15) is 0 Å². The van der Waals surface area contributed by atoms with Crippen molar-refractivity contribution in [3.63, 3.8) is 0 Å². The SMILES string of the molecule is CCC(NC1CC1)(C(N)=O)c1ccccc1F.